The van der Waals surface area contributed by atoms with Gasteiger partial charge in [-0.2, -0.15) is 13.2 Å². The summed E-state index contributed by atoms with van der Waals surface area (Å²) in [6.07, 6.45) is -4.95. The van der Waals surface area contributed by atoms with Gasteiger partial charge in [-0.1, -0.05) is 25.1 Å². The molecule has 2 aromatic rings. The van der Waals surface area contributed by atoms with Gasteiger partial charge in [-0.05, 0) is 25.0 Å². The van der Waals surface area contributed by atoms with E-state index in [0.29, 0.717) is 16.5 Å². The van der Waals surface area contributed by atoms with Crippen molar-refractivity contribution in [2.75, 3.05) is 0 Å². The van der Waals surface area contributed by atoms with Gasteiger partial charge in [-0.15, -0.1) is 0 Å². The van der Waals surface area contributed by atoms with E-state index in [9.17, 15) is 18.3 Å². The first-order valence-electron chi connectivity index (χ1n) is 6.26. The van der Waals surface area contributed by atoms with Crippen LogP contribution in [0.2, 0.25) is 0 Å². The lowest BCUT2D eigenvalue weighted by atomic mass is 9.89. The molecular formula is C14H16F3NO2. The number of nitrogens with two attached hydrogens (primary N) is 1. The zero-order valence-electron chi connectivity index (χ0n) is 11.2. The lowest BCUT2D eigenvalue weighted by molar-refractivity contribution is -0.280. The molecule has 20 heavy (non-hydrogen) atoms. The third-order valence-corrected chi connectivity index (χ3v) is 3.53. The number of hydrogen-bond donors (Lipinski definition) is 2. The van der Waals surface area contributed by atoms with Crippen molar-refractivity contribution in [1.29, 1.82) is 0 Å². The van der Waals surface area contributed by atoms with E-state index in [0.717, 1.165) is 0 Å². The van der Waals surface area contributed by atoms with Gasteiger partial charge < -0.3 is 15.3 Å². The maximum absolute atomic E-state index is 13.3. The van der Waals surface area contributed by atoms with Crippen LogP contribution in [0.3, 0.4) is 0 Å². The zero-order valence-corrected chi connectivity index (χ0v) is 11.2. The van der Waals surface area contributed by atoms with Crippen LogP contribution in [0.15, 0.2) is 28.7 Å². The second-order valence-corrected chi connectivity index (χ2v) is 4.88. The number of alkyl halides is 3. The van der Waals surface area contributed by atoms with Crippen LogP contribution in [0.4, 0.5) is 13.2 Å². The SMILES string of the molecule is CCC(N)C(O)(c1cc2cccc(C)c2o1)C(F)(F)F. The molecule has 0 radical (unpaired) electrons. The summed E-state index contributed by atoms with van der Waals surface area (Å²) in [4.78, 5) is 0. The fourth-order valence-electron chi connectivity index (χ4n) is 2.22. The summed E-state index contributed by atoms with van der Waals surface area (Å²) in [6, 6.07) is 4.77. The maximum Gasteiger partial charge on any atom is 0.426 e. The highest BCUT2D eigenvalue weighted by atomic mass is 19.4. The number of furan rings is 1. The van der Waals surface area contributed by atoms with Crippen molar-refractivity contribution in [3.63, 3.8) is 0 Å². The van der Waals surface area contributed by atoms with Crippen LogP contribution in [0.1, 0.15) is 24.7 Å². The highest BCUT2D eigenvalue weighted by Gasteiger charge is 2.60. The number of fused-ring (bicyclic) bond motifs is 1. The average molecular weight is 287 g/mol. The summed E-state index contributed by atoms with van der Waals surface area (Å²) in [7, 11) is 0. The molecule has 2 rings (SSSR count). The van der Waals surface area contributed by atoms with E-state index in [1.807, 2.05) is 0 Å². The van der Waals surface area contributed by atoms with Crippen molar-refractivity contribution in [1.82, 2.24) is 0 Å². The van der Waals surface area contributed by atoms with Crippen LogP contribution in [0, 0.1) is 6.92 Å². The predicted molar refractivity (Wildman–Crippen MR) is 69.2 cm³/mol. The van der Waals surface area contributed by atoms with Gasteiger partial charge in [0.05, 0.1) is 0 Å². The molecule has 0 spiro atoms. The van der Waals surface area contributed by atoms with E-state index in [1.165, 1.54) is 13.0 Å². The van der Waals surface area contributed by atoms with Crippen LogP contribution >= 0.6 is 0 Å². The number of benzene rings is 1. The molecule has 0 bridgehead atoms. The fourth-order valence-corrected chi connectivity index (χ4v) is 2.22. The molecule has 0 aliphatic rings. The second kappa shape index (κ2) is 4.79. The third-order valence-electron chi connectivity index (χ3n) is 3.53. The van der Waals surface area contributed by atoms with Crippen molar-refractivity contribution < 1.29 is 22.7 Å². The first-order valence-corrected chi connectivity index (χ1v) is 6.26. The number of aryl methyl sites for hydroxylation is 1. The zero-order chi connectivity index (χ0) is 15.1. The summed E-state index contributed by atoms with van der Waals surface area (Å²) in [5.74, 6) is -0.566. The fraction of sp³-hybridized carbons (Fsp3) is 0.429. The Morgan fingerprint density at radius 1 is 1.35 bits per heavy atom. The summed E-state index contributed by atoms with van der Waals surface area (Å²) in [5.41, 5.74) is 3.34. The van der Waals surface area contributed by atoms with Crippen LogP contribution in [-0.2, 0) is 5.60 Å². The number of aliphatic hydroxyl groups is 1. The van der Waals surface area contributed by atoms with Gasteiger partial charge in [0.15, 0.2) is 0 Å². The Kier molecular flexibility index (Phi) is 3.56. The predicted octanol–water partition coefficient (Wildman–Crippen LogP) is 3.23. The van der Waals surface area contributed by atoms with Crippen molar-refractivity contribution in [2.45, 2.75) is 38.1 Å². The minimum atomic E-state index is -4.91. The average Bonchev–Trinajstić information content (AvgIpc) is 2.81. The summed E-state index contributed by atoms with van der Waals surface area (Å²) in [6.45, 7) is 3.21. The third kappa shape index (κ3) is 2.09. The number of hydrogen-bond acceptors (Lipinski definition) is 3. The Morgan fingerprint density at radius 2 is 2.00 bits per heavy atom. The largest absolute Gasteiger partial charge is 0.457 e. The monoisotopic (exact) mass is 287 g/mol. The van der Waals surface area contributed by atoms with Crippen molar-refractivity contribution in [2.24, 2.45) is 5.73 Å². The van der Waals surface area contributed by atoms with Gasteiger partial charge in [0, 0.05) is 11.4 Å². The molecular weight excluding hydrogens is 271 g/mol. The van der Waals surface area contributed by atoms with E-state index in [1.54, 1.807) is 25.1 Å². The van der Waals surface area contributed by atoms with Gasteiger partial charge in [0.2, 0.25) is 5.60 Å². The molecule has 2 unspecified atom stereocenters. The van der Waals surface area contributed by atoms with Gasteiger partial charge >= 0.3 is 6.18 Å². The Bertz CT molecular complexity index is 620. The minimum Gasteiger partial charge on any atom is -0.457 e. The van der Waals surface area contributed by atoms with E-state index >= 15 is 0 Å². The lowest BCUT2D eigenvalue weighted by Crippen LogP contribution is -2.55. The summed E-state index contributed by atoms with van der Waals surface area (Å²) in [5, 5.41) is 10.6. The lowest BCUT2D eigenvalue weighted by Gasteiger charge is -2.33. The first kappa shape index (κ1) is 14.9. The smallest absolute Gasteiger partial charge is 0.426 e. The first-order chi connectivity index (χ1) is 9.21. The van der Waals surface area contributed by atoms with Crippen molar-refractivity contribution >= 4 is 11.0 Å². The van der Waals surface area contributed by atoms with E-state index in [2.05, 4.69) is 0 Å². The summed E-state index contributed by atoms with van der Waals surface area (Å²) >= 11 is 0. The minimum absolute atomic E-state index is 0.0357. The van der Waals surface area contributed by atoms with Crippen LogP contribution in [0.5, 0.6) is 0 Å². The molecule has 0 amide bonds. The molecule has 1 heterocycles. The second-order valence-electron chi connectivity index (χ2n) is 4.88. The molecule has 2 atom stereocenters. The molecule has 6 heteroatoms. The quantitative estimate of drug-likeness (QED) is 0.911. The van der Waals surface area contributed by atoms with E-state index in [4.69, 9.17) is 10.2 Å². The topological polar surface area (TPSA) is 59.4 Å². The molecule has 1 aromatic carbocycles. The van der Waals surface area contributed by atoms with Gasteiger partial charge in [0.1, 0.15) is 11.3 Å². The van der Waals surface area contributed by atoms with Crippen LogP contribution < -0.4 is 5.73 Å². The molecule has 0 saturated heterocycles. The molecule has 3 N–H and O–H groups in total. The Hall–Kier alpha value is -1.53. The Morgan fingerprint density at radius 3 is 2.50 bits per heavy atom. The standard InChI is InChI=1S/C14H16F3NO2/c1-3-10(18)13(19,14(15,16)17)11-7-9-6-4-5-8(2)12(9)20-11/h4-7,10,19H,3,18H2,1-2H3. The van der Waals surface area contributed by atoms with Crippen LogP contribution in [0.25, 0.3) is 11.0 Å². The highest BCUT2D eigenvalue weighted by Crippen LogP contribution is 2.43. The van der Waals surface area contributed by atoms with Crippen molar-refractivity contribution in [3.8, 4) is 0 Å². The molecule has 110 valence electrons. The molecule has 3 nitrogen and oxygen atoms in total. The number of para-hydroxylation sites is 1. The van der Waals surface area contributed by atoms with E-state index in [-0.39, 0.29) is 6.42 Å². The summed E-state index contributed by atoms with van der Waals surface area (Å²) < 4.78 is 45.1. The Labute approximate surface area is 114 Å². The Balaban J connectivity index is 2.66. The number of halogens is 3. The number of rotatable bonds is 3. The van der Waals surface area contributed by atoms with Gasteiger partial charge in [-0.25, -0.2) is 0 Å². The van der Waals surface area contributed by atoms with E-state index < -0.39 is 23.6 Å². The normalized spacial score (nSPS) is 17.1. The van der Waals surface area contributed by atoms with Gasteiger partial charge in [0.25, 0.3) is 0 Å². The molecule has 0 saturated carbocycles. The highest BCUT2D eigenvalue weighted by molar-refractivity contribution is 5.81. The van der Waals surface area contributed by atoms with Gasteiger partial charge in [-0.3, -0.25) is 0 Å². The van der Waals surface area contributed by atoms with Crippen LogP contribution in [-0.4, -0.2) is 17.3 Å². The molecule has 0 aliphatic carbocycles. The molecule has 0 fully saturated rings. The maximum atomic E-state index is 13.3. The molecule has 1 aromatic heterocycles. The van der Waals surface area contributed by atoms with Crippen molar-refractivity contribution in [3.05, 3.63) is 35.6 Å². The molecule has 0 aliphatic heterocycles.